The van der Waals surface area contributed by atoms with E-state index < -0.39 is 0 Å². The van der Waals surface area contributed by atoms with Gasteiger partial charge in [-0.15, -0.1) is 0 Å². The van der Waals surface area contributed by atoms with Crippen LogP contribution < -0.4 is 16.2 Å². The van der Waals surface area contributed by atoms with Gasteiger partial charge in [0.25, 0.3) is 0 Å². The van der Waals surface area contributed by atoms with Crippen molar-refractivity contribution >= 4 is 0 Å². The Hall–Kier alpha value is -1.84. The first-order chi connectivity index (χ1) is 9.78. The fourth-order valence-electron chi connectivity index (χ4n) is 2.42. The molecule has 0 saturated heterocycles. The largest absolute Gasteiger partial charge is 0.497 e. The molecule has 3 heteroatoms. The quantitative estimate of drug-likeness (QED) is 0.847. The Morgan fingerprint density at radius 2 is 1.70 bits per heavy atom. The fraction of sp³-hybridized carbons (Fsp3) is 0.294. The van der Waals surface area contributed by atoms with Gasteiger partial charge in [-0.3, -0.25) is 0 Å². The lowest BCUT2D eigenvalue weighted by Crippen LogP contribution is -2.05. The van der Waals surface area contributed by atoms with Crippen LogP contribution in [0.4, 0.5) is 0 Å². The molecule has 0 saturated carbocycles. The van der Waals surface area contributed by atoms with Crippen LogP contribution in [-0.4, -0.2) is 20.2 Å². The molecule has 2 aromatic rings. The van der Waals surface area contributed by atoms with Gasteiger partial charge in [-0.2, -0.15) is 0 Å². The van der Waals surface area contributed by atoms with Crippen molar-refractivity contribution < 1.29 is 4.74 Å². The summed E-state index contributed by atoms with van der Waals surface area (Å²) < 4.78 is 5.40. The molecule has 0 heterocycles. The first-order valence-electron chi connectivity index (χ1n) is 6.95. The van der Waals surface area contributed by atoms with Gasteiger partial charge < -0.3 is 16.2 Å². The minimum Gasteiger partial charge on any atom is -0.497 e. The van der Waals surface area contributed by atoms with Crippen LogP contribution in [-0.2, 0) is 12.8 Å². The molecule has 0 bridgehead atoms. The van der Waals surface area contributed by atoms with Crippen LogP contribution in [0.5, 0.6) is 5.75 Å². The molecule has 20 heavy (non-hydrogen) atoms. The van der Waals surface area contributed by atoms with Crippen molar-refractivity contribution in [1.82, 2.24) is 0 Å². The maximum atomic E-state index is 5.70. The van der Waals surface area contributed by atoms with Crippen molar-refractivity contribution in [1.29, 1.82) is 0 Å². The molecule has 2 rings (SSSR count). The van der Waals surface area contributed by atoms with Crippen molar-refractivity contribution in [3.8, 4) is 16.9 Å². The second kappa shape index (κ2) is 7.08. The fourth-order valence-corrected chi connectivity index (χ4v) is 2.42. The molecule has 0 amide bonds. The van der Waals surface area contributed by atoms with Gasteiger partial charge in [-0.1, -0.05) is 30.3 Å². The zero-order chi connectivity index (χ0) is 14.4. The summed E-state index contributed by atoms with van der Waals surface area (Å²) in [6, 6.07) is 14.7. The molecule has 0 aliphatic heterocycles. The molecule has 2 aromatic carbocycles. The molecule has 0 fully saturated rings. The van der Waals surface area contributed by atoms with E-state index in [1.54, 1.807) is 7.11 Å². The monoisotopic (exact) mass is 270 g/mol. The van der Waals surface area contributed by atoms with Crippen molar-refractivity contribution in [3.05, 3.63) is 53.6 Å². The number of benzene rings is 2. The lowest BCUT2D eigenvalue weighted by molar-refractivity contribution is 0.414. The molecule has 0 aliphatic rings. The highest BCUT2D eigenvalue weighted by atomic mass is 16.5. The van der Waals surface area contributed by atoms with E-state index in [0.717, 1.165) is 24.2 Å². The summed E-state index contributed by atoms with van der Waals surface area (Å²) in [5.41, 5.74) is 16.2. The second-order valence-corrected chi connectivity index (χ2v) is 4.80. The SMILES string of the molecule is COc1cc(CCN)cc(-c2ccccc2CCN)c1. The van der Waals surface area contributed by atoms with E-state index in [-0.39, 0.29) is 0 Å². The predicted octanol–water partition coefficient (Wildman–Crippen LogP) is 2.36. The number of methoxy groups -OCH3 is 1. The highest BCUT2D eigenvalue weighted by Crippen LogP contribution is 2.29. The number of hydrogen-bond acceptors (Lipinski definition) is 3. The van der Waals surface area contributed by atoms with Crippen LogP contribution >= 0.6 is 0 Å². The minimum absolute atomic E-state index is 0.636. The number of rotatable bonds is 6. The van der Waals surface area contributed by atoms with Crippen molar-refractivity contribution in [2.45, 2.75) is 12.8 Å². The van der Waals surface area contributed by atoms with Gasteiger partial charge in [-0.05, 0) is 60.3 Å². The summed E-state index contributed by atoms with van der Waals surface area (Å²) in [7, 11) is 1.69. The molecule has 0 aliphatic carbocycles. The lowest BCUT2D eigenvalue weighted by Gasteiger charge is -2.12. The highest BCUT2D eigenvalue weighted by molar-refractivity contribution is 5.69. The Kier molecular flexibility index (Phi) is 5.16. The summed E-state index contributed by atoms with van der Waals surface area (Å²) in [6.07, 6.45) is 1.73. The molecule has 0 radical (unpaired) electrons. The smallest absolute Gasteiger partial charge is 0.119 e. The molecule has 4 N–H and O–H groups in total. The van der Waals surface area contributed by atoms with Crippen LogP contribution in [0.1, 0.15) is 11.1 Å². The molecular formula is C17H22N2O. The molecule has 0 spiro atoms. The van der Waals surface area contributed by atoms with Crippen molar-refractivity contribution in [3.63, 3.8) is 0 Å². The first-order valence-corrected chi connectivity index (χ1v) is 6.95. The molecule has 0 unspecified atom stereocenters. The zero-order valence-corrected chi connectivity index (χ0v) is 11.9. The van der Waals surface area contributed by atoms with Crippen molar-refractivity contribution in [2.24, 2.45) is 11.5 Å². The highest BCUT2D eigenvalue weighted by Gasteiger charge is 2.07. The van der Waals surface area contributed by atoms with Gasteiger partial charge in [-0.25, -0.2) is 0 Å². The molecule has 0 aromatic heterocycles. The predicted molar refractivity (Wildman–Crippen MR) is 83.9 cm³/mol. The topological polar surface area (TPSA) is 61.3 Å². The third-order valence-electron chi connectivity index (χ3n) is 3.38. The summed E-state index contributed by atoms with van der Waals surface area (Å²) in [4.78, 5) is 0. The maximum Gasteiger partial charge on any atom is 0.119 e. The average molecular weight is 270 g/mol. The Bertz CT molecular complexity index is 567. The van der Waals surface area contributed by atoms with E-state index >= 15 is 0 Å². The number of nitrogens with two attached hydrogens (primary N) is 2. The third-order valence-corrected chi connectivity index (χ3v) is 3.38. The molecule has 0 atom stereocenters. The van der Waals surface area contributed by atoms with E-state index in [1.807, 2.05) is 6.07 Å². The van der Waals surface area contributed by atoms with E-state index in [9.17, 15) is 0 Å². The Balaban J connectivity index is 2.48. The molecular weight excluding hydrogens is 248 g/mol. The zero-order valence-electron chi connectivity index (χ0n) is 11.9. The first kappa shape index (κ1) is 14.6. The van der Waals surface area contributed by atoms with Gasteiger partial charge in [0, 0.05) is 0 Å². The average Bonchev–Trinajstić information content (AvgIpc) is 2.48. The van der Waals surface area contributed by atoms with E-state index in [2.05, 4.69) is 36.4 Å². The maximum absolute atomic E-state index is 5.70. The molecule has 106 valence electrons. The van der Waals surface area contributed by atoms with Gasteiger partial charge in [0.05, 0.1) is 7.11 Å². The van der Waals surface area contributed by atoms with Crippen LogP contribution in [0.2, 0.25) is 0 Å². The van der Waals surface area contributed by atoms with Crippen LogP contribution in [0.15, 0.2) is 42.5 Å². The Morgan fingerprint density at radius 1 is 0.950 bits per heavy atom. The van der Waals surface area contributed by atoms with Crippen LogP contribution in [0.3, 0.4) is 0 Å². The normalized spacial score (nSPS) is 10.6. The number of hydrogen-bond donors (Lipinski definition) is 2. The summed E-state index contributed by atoms with van der Waals surface area (Å²) in [6.45, 7) is 1.29. The van der Waals surface area contributed by atoms with Gasteiger partial charge in [0.15, 0.2) is 0 Å². The van der Waals surface area contributed by atoms with Crippen LogP contribution in [0.25, 0.3) is 11.1 Å². The van der Waals surface area contributed by atoms with E-state index in [1.165, 1.54) is 16.7 Å². The molecule has 3 nitrogen and oxygen atoms in total. The van der Waals surface area contributed by atoms with E-state index in [4.69, 9.17) is 16.2 Å². The minimum atomic E-state index is 0.636. The Labute approximate surface area is 120 Å². The van der Waals surface area contributed by atoms with Gasteiger partial charge in [0.1, 0.15) is 5.75 Å². The van der Waals surface area contributed by atoms with Gasteiger partial charge in [0.2, 0.25) is 0 Å². The van der Waals surface area contributed by atoms with E-state index in [0.29, 0.717) is 13.1 Å². The second-order valence-electron chi connectivity index (χ2n) is 4.80. The number of ether oxygens (including phenoxy) is 1. The summed E-state index contributed by atoms with van der Waals surface area (Å²) >= 11 is 0. The summed E-state index contributed by atoms with van der Waals surface area (Å²) in [5.74, 6) is 0.869. The summed E-state index contributed by atoms with van der Waals surface area (Å²) in [5, 5.41) is 0. The third kappa shape index (κ3) is 3.38. The van der Waals surface area contributed by atoms with Gasteiger partial charge >= 0.3 is 0 Å². The lowest BCUT2D eigenvalue weighted by atomic mass is 9.95. The Morgan fingerprint density at radius 3 is 2.40 bits per heavy atom. The van der Waals surface area contributed by atoms with Crippen molar-refractivity contribution in [2.75, 3.05) is 20.2 Å². The standard InChI is InChI=1S/C17H22N2O/c1-20-16-11-13(6-8-18)10-15(12-16)17-5-3-2-4-14(17)7-9-19/h2-5,10-12H,6-9,18-19H2,1H3. The van der Waals surface area contributed by atoms with Crippen LogP contribution in [0, 0.1) is 0 Å².